The average Bonchev–Trinajstić information content (AvgIpc) is 2.76. The van der Waals surface area contributed by atoms with E-state index in [1.54, 1.807) is 37.4 Å². The Bertz CT molecular complexity index is 1210. The van der Waals surface area contributed by atoms with Crippen molar-refractivity contribution in [3.8, 4) is 16.9 Å². The van der Waals surface area contributed by atoms with E-state index in [0.29, 0.717) is 16.9 Å². The van der Waals surface area contributed by atoms with Gasteiger partial charge in [-0.25, -0.2) is 12.8 Å². The first-order chi connectivity index (χ1) is 14.4. The summed E-state index contributed by atoms with van der Waals surface area (Å²) < 4.78 is 46.3. The van der Waals surface area contributed by atoms with Crippen LogP contribution < -0.4 is 14.4 Å². The molecule has 3 aromatic rings. The molecule has 0 unspecified atom stereocenters. The minimum atomic E-state index is -3.96. The van der Waals surface area contributed by atoms with Gasteiger partial charge in [-0.05, 0) is 42.0 Å². The molecule has 1 N–H and O–H groups in total. The number of nitrogens with zero attached hydrogens (tertiary/aromatic N) is 1. The van der Waals surface area contributed by atoms with Gasteiger partial charge >= 0.3 is 0 Å². The summed E-state index contributed by atoms with van der Waals surface area (Å²) >= 11 is 0. The number of nitrogens with one attached hydrogen (secondary N) is 1. The smallest absolute Gasteiger partial charge is 0.265 e. The van der Waals surface area contributed by atoms with E-state index in [-0.39, 0.29) is 17.1 Å². The molecule has 30 heavy (non-hydrogen) atoms. The highest BCUT2D eigenvalue weighted by molar-refractivity contribution is 7.93. The quantitative estimate of drug-likeness (QED) is 0.679. The average molecular weight is 426 g/mol. The number of carbonyl (C=O) groups excluding carboxylic acids is 1. The van der Waals surface area contributed by atoms with Crippen LogP contribution in [0.2, 0.25) is 0 Å². The van der Waals surface area contributed by atoms with Crippen LogP contribution in [0.4, 0.5) is 10.1 Å². The predicted octanol–water partition coefficient (Wildman–Crippen LogP) is 3.33. The van der Waals surface area contributed by atoms with Gasteiger partial charge in [0.15, 0.2) is 0 Å². The van der Waals surface area contributed by atoms with Crippen molar-refractivity contribution in [3.05, 3.63) is 78.1 Å². The molecular formula is C22H19FN2O4S. The van der Waals surface area contributed by atoms with Crippen LogP contribution in [-0.2, 0) is 21.4 Å². The molecule has 0 fully saturated rings. The van der Waals surface area contributed by atoms with Crippen molar-refractivity contribution in [2.24, 2.45) is 0 Å². The van der Waals surface area contributed by atoms with Gasteiger partial charge in [-0.3, -0.25) is 9.10 Å². The van der Waals surface area contributed by atoms with E-state index in [4.69, 9.17) is 4.74 Å². The molecule has 0 spiro atoms. The highest BCUT2D eigenvalue weighted by atomic mass is 32.2. The van der Waals surface area contributed by atoms with Crippen LogP contribution in [0.1, 0.15) is 5.56 Å². The number of amides is 1. The maximum atomic E-state index is 13.9. The largest absolute Gasteiger partial charge is 0.497 e. The number of anilines is 1. The molecule has 4 rings (SSSR count). The number of hydrogen-bond donors (Lipinski definition) is 1. The monoisotopic (exact) mass is 426 g/mol. The van der Waals surface area contributed by atoms with Crippen LogP contribution in [0, 0.1) is 5.82 Å². The first kappa shape index (κ1) is 19.9. The summed E-state index contributed by atoms with van der Waals surface area (Å²) in [6.45, 7) is -0.172. The second kappa shape index (κ2) is 7.79. The van der Waals surface area contributed by atoms with Crippen molar-refractivity contribution < 1.29 is 22.3 Å². The predicted molar refractivity (Wildman–Crippen MR) is 111 cm³/mol. The third-order valence-electron chi connectivity index (χ3n) is 4.91. The Hall–Kier alpha value is -3.39. The fraction of sp³-hybridized carbons (Fsp3) is 0.136. The first-order valence-corrected chi connectivity index (χ1v) is 10.7. The van der Waals surface area contributed by atoms with Crippen molar-refractivity contribution in [2.75, 3.05) is 18.0 Å². The fourth-order valence-corrected chi connectivity index (χ4v) is 5.05. The van der Waals surface area contributed by atoms with Crippen LogP contribution >= 0.6 is 0 Å². The van der Waals surface area contributed by atoms with E-state index >= 15 is 0 Å². The Morgan fingerprint density at radius 3 is 2.50 bits per heavy atom. The number of sulfonamides is 1. The Balaban J connectivity index is 1.59. The van der Waals surface area contributed by atoms with Gasteiger partial charge in [0.2, 0.25) is 5.91 Å². The third kappa shape index (κ3) is 3.61. The van der Waals surface area contributed by atoms with Gasteiger partial charge in [-0.2, -0.15) is 0 Å². The normalized spacial score (nSPS) is 13.9. The minimum Gasteiger partial charge on any atom is -0.497 e. The maximum absolute atomic E-state index is 13.9. The molecule has 8 heteroatoms. The van der Waals surface area contributed by atoms with Crippen molar-refractivity contribution in [1.82, 2.24) is 5.32 Å². The van der Waals surface area contributed by atoms with Gasteiger partial charge in [0, 0.05) is 17.7 Å². The summed E-state index contributed by atoms with van der Waals surface area (Å²) in [6.07, 6.45) is 0. The molecule has 0 saturated carbocycles. The van der Waals surface area contributed by atoms with E-state index in [1.807, 2.05) is 12.1 Å². The number of hydrogen-bond acceptors (Lipinski definition) is 4. The molecule has 1 aliphatic heterocycles. The third-order valence-corrected chi connectivity index (χ3v) is 6.73. The van der Waals surface area contributed by atoms with Gasteiger partial charge < -0.3 is 10.1 Å². The molecule has 0 radical (unpaired) electrons. The second-order valence-corrected chi connectivity index (χ2v) is 8.62. The molecule has 0 aromatic heterocycles. The van der Waals surface area contributed by atoms with Crippen LogP contribution in [0.5, 0.6) is 5.75 Å². The SMILES string of the molecule is COc1ccc(CNC(=O)CN2c3ccc(F)cc3-c3ccccc3S2(=O)=O)cc1. The Morgan fingerprint density at radius 1 is 1.03 bits per heavy atom. The van der Waals surface area contributed by atoms with Gasteiger partial charge in [0.1, 0.15) is 18.1 Å². The van der Waals surface area contributed by atoms with E-state index in [1.165, 1.54) is 24.3 Å². The zero-order valence-corrected chi connectivity index (χ0v) is 16.9. The van der Waals surface area contributed by atoms with Crippen LogP contribution in [-0.4, -0.2) is 28.0 Å². The van der Waals surface area contributed by atoms with Crippen molar-refractivity contribution >= 4 is 21.6 Å². The zero-order valence-electron chi connectivity index (χ0n) is 16.1. The lowest BCUT2D eigenvalue weighted by molar-refractivity contribution is -0.119. The summed E-state index contributed by atoms with van der Waals surface area (Å²) in [5.41, 5.74) is 1.97. The molecule has 1 aliphatic rings. The number of methoxy groups -OCH3 is 1. The second-order valence-electron chi connectivity index (χ2n) is 6.79. The van der Waals surface area contributed by atoms with Crippen LogP contribution in [0.25, 0.3) is 11.1 Å². The highest BCUT2D eigenvalue weighted by Gasteiger charge is 2.35. The lowest BCUT2D eigenvalue weighted by atomic mass is 10.0. The Labute approximate surface area is 174 Å². The molecule has 0 aliphatic carbocycles. The standard InChI is InChI=1S/C22H19FN2O4S/c1-29-17-9-6-15(7-10-17)13-24-22(26)14-25-20-11-8-16(23)12-19(20)18-4-2-3-5-21(18)30(25,27)28/h2-12H,13-14H2,1H3,(H,24,26). The maximum Gasteiger partial charge on any atom is 0.265 e. The van der Waals surface area contributed by atoms with Crippen molar-refractivity contribution in [1.29, 1.82) is 0 Å². The lowest BCUT2D eigenvalue weighted by Gasteiger charge is -2.31. The number of ether oxygens (including phenoxy) is 1. The zero-order chi connectivity index (χ0) is 21.3. The first-order valence-electron chi connectivity index (χ1n) is 9.21. The molecule has 1 amide bonds. The molecule has 154 valence electrons. The summed E-state index contributed by atoms with van der Waals surface area (Å²) in [5.74, 6) is -0.247. The highest BCUT2D eigenvalue weighted by Crippen LogP contribution is 2.42. The van der Waals surface area contributed by atoms with Crippen LogP contribution in [0.3, 0.4) is 0 Å². The van der Waals surface area contributed by atoms with E-state index in [0.717, 1.165) is 9.87 Å². The van der Waals surface area contributed by atoms with E-state index in [2.05, 4.69) is 5.32 Å². The number of carbonyl (C=O) groups is 1. The Morgan fingerprint density at radius 2 is 1.77 bits per heavy atom. The van der Waals surface area contributed by atoms with Crippen molar-refractivity contribution in [3.63, 3.8) is 0 Å². The molecular weight excluding hydrogens is 407 g/mol. The van der Waals surface area contributed by atoms with Gasteiger partial charge in [0.25, 0.3) is 10.0 Å². The van der Waals surface area contributed by atoms with Gasteiger partial charge in [0.05, 0.1) is 17.7 Å². The lowest BCUT2D eigenvalue weighted by Crippen LogP contribution is -2.42. The fourth-order valence-electron chi connectivity index (χ4n) is 3.40. The number of benzene rings is 3. The van der Waals surface area contributed by atoms with Gasteiger partial charge in [-0.15, -0.1) is 0 Å². The molecule has 1 heterocycles. The van der Waals surface area contributed by atoms with Crippen molar-refractivity contribution in [2.45, 2.75) is 11.4 Å². The number of halogens is 1. The topological polar surface area (TPSA) is 75.7 Å². The van der Waals surface area contributed by atoms with Crippen LogP contribution in [0.15, 0.2) is 71.6 Å². The van der Waals surface area contributed by atoms with E-state index in [9.17, 15) is 17.6 Å². The molecule has 0 bridgehead atoms. The molecule has 0 saturated heterocycles. The molecule has 6 nitrogen and oxygen atoms in total. The summed E-state index contributed by atoms with van der Waals surface area (Å²) in [6, 6.07) is 17.4. The number of rotatable bonds is 5. The molecule has 3 aromatic carbocycles. The summed E-state index contributed by atoms with van der Waals surface area (Å²) in [7, 11) is -2.40. The Kier molecular flexibility index (Phi) is 5.17. The van der Waals surface area contributed by atoms with E-state index < -0.39 is 28.3 Å². The minimum absolute atomic E-state index is 0.0473. The summed E-state index contributed by atoms with van der Waals surface area (Å²) in [4.78, 5) is 12.6. The number of fused-ring (bicyclic) bond motifs is 3. The van der Waals surface area contributed by atoms with Gasteiger partial charge in [-0.1, -0.05) is 30.3 Å². The summed E-state index contributed by atoms with van der Waals surface area (Å²) in [5, 5.41) is 2.73. The molecule has 0 atom stereocenters.